The molecule has 0 aliphatic carbocycles. The van der Waals surface area contributed by atoms with E-state index in [1.54, 1.807) is 0 Å². The molecule has 0 bridgehead atoms. The lowest BCUT2D eigenvalue weighted by Crippen LogP contribution is -2.52. The molecule has 3 heteroatoms. The van der Waals surface area contributed by atoms with Gasteiger partial charge in [-0.3, -0.25) is 0 Å². The van der Waals surface area contributed by atoms with E-state index in [1.165, 1.54) is 0 Å². The van der Waals surface area contributed by atoms with Gasteiger partial charge >= 0.3 is 6.09 Å². The summed E-state index contributed by atoms with van der Waals surface area (Å²) in [6.07, 6.45) is 1.99. The van der Waals surface area contributed by atoms with Crippen LogP contribution in [0.15, 0.2) is 0 Å². The van der Waals surface area contributed by atoms with Crippen LogP contribution in [0.3, 0.4) is 0 Å². The zero-order valence-corrected chi connectivity index (χ0v) is 13.0. The van der Waals surface area contributed by atoms with Gasteiger partial charge in [-0.15, -0.1) is 0 Å². The molecule has 0 saturated carbocycles. The van der Waals surface area contributed by atoms with Gasteiger partial charge in [-0.1, -0.05) is 27.7 Å². The number of likely N-dealkylation sites (tertiary alicyclic amines) is 1. The fraction of sp³-hybridized carbons (Fsp3) is 0.933. The van der Waals surface area contributed by atoms with Crippen molar-refractivity contribution in [2.24, 2.45) is 11.3 Å². The summed E-state index contributed by atoms with van der Waals surface area (Å²) < 4.78 is 5.52. The van der Waals surface area contributed by atoms with Crippen LogP contribution < -0.4 is 0 Å². The van der Waals surface area contributed by atoms with Crippen LogP contribution in [0.4, 0.5) is 4.79 Å². The number of hydrogen-bond acceptors (Lipinski definition) is 2. The average Bonchev–Trinajstić information content (AvgIpc) is 2.13. The zero-order chi connectivity index (χ0) is 14.1. The smallest absolute Gasteiger partial charge is 0.410 e. The second-order valence-corrected chi connectivity index (χ2v) is 7.69. The molecule has 0 N–H and O–H groups in total. The molecule has 1 aliphatic heterocycles. The van der Waals surface area contributed by atoms with Gasteiger partial charge in [0.15, 0.2) is 0 Å². The topological polar surface area (TPSA) is 29.5 Å². The molecule has 0 aromatic rings. The van der Waals surface area contributed by atoms with Gasteiger partial charge in [-0.2, -0.15) is 0 Å². The molecule has 3 nitrogen and oxygen atoms in total. The van der Waals surface area contributed by atoms with Gasteiger partial charge in [0.05, 0.1) is 0 Å². The molecule has 2 atom stereocenters. The average molecular weight is 255 g/mol. The third-order valence-electron chi connectivity index (χ3n) is 3.49. The van der Waals surface area contributed by atoms with Crippen LogP contribution in [0.1, 0.15) is 61.3 Å². The minimum atomic E-state index is -0.414. The highest BCUT2D eigenvalue weighted by Gasteiger charge is 2.39. The lowest BCUT2D eigenvalue weighted by atomic mass is 9.77. The van der Waals surface area contributed by atoms with E-state index in [0.29, 0.717) is 5.92 Å². The Morgan fingerprint density at radius 1 is 1.17 bits per heavy atom. The Morgan fingerprint density at radius 3 is 2.17 bits per heavy atom. The van der Waals surface area contributed by atoms with Crippen molar-refractivity contribution < 1.29 is 9.53 Å². The Balaban J connectivity index is 2.81. The molecule has 0 aromatic heterocycles. The minimum Gasteiger partial charge on any atom is -0.444 e. The van der Waals surface area contributed by atoms with Crippen LogP contribution >= 0.6 is 0 Å². The van der Waals surface area contributed by atoms with E-state index in [0.717, 1.165) is 19.4 Å². The Morgan fingerprint density at radius 2 is 1.72 bits per heavy atom. The summed E-state index contributed by atoms with van der Waals surface area (Å²) in [6.45, 7) is 15.5. The van der Waals surface area contributed by atoms with E-state index in [9.17, 15) is 4.79 Å². The first-order valence-electron chi connectivity index (χ1n) is 7.00. The summed E-state index contributed by atoms with van der Waals surface area (Å²) >= 11 is 0. The maximum absolute atomic E-state index is 12.3. The maximum atomic E-state index is 12.3. The Labute approximate surface area is 112 Å². The monoisotopic (exact) mass is 255 g/mol. The largest absolute Gasteiger partial charge is 0.444 e. The molecule has 0 aromatic carbocycles. The van der Waals surface area contributed by atoms with Crippen LogP contribution in [0.2, 0.25) is 0 Å². The quantitative estimate of drug-likeness (QED) is 0.653. The lowest BCUT2D eigenvalue weighted by Gasteiger charge is -2.45. The number of hydrogen-bond donors (Lipinski definition) is 0. The van der Waals surface area contributed by atoms with Crippen molar-refractivity contribution in [3.8, 4) is 0 Å². The maximum Gasteiger partial charge on any atom is 0.410 e. The molecule has 1 rings (SSSR count). The summed E-state index contributed by atoms with van der Waals surface area (Å²) in [6, 6.07) is 0.274. The van der Waals surface area contributed by atoms with E-state index in [2.05, 4.69) is 27.7 Å². The summed E-state index contributed by atoms with van der Waals surface area (Å²) in [5.74, 6) is 0.688. The predicted octanol–water partition coefficient (Wildman–Crippen LogP) is 4.07. The van der Waals surface area contributed by atoms with Gasteiger partial charge < -0.3 is 9.64 Å². The van der Waals surface area contributed by atoms with E-state index in [1.807, 2.05) is 25.7 Å². The molecule has 106 valence electrons. The fourth-order valence-electron chi connectivity index (χ4n) is 2.50. The summed E-state index contributed by atoms with van der Waals surface area (Å²) in [5, 5.41) is 0. The van der Waals surface area contributed by atoms with Crippen molar-refractivity contribution in [3.63, 3.8) is 0 Å². The first kappa shape index (κ1) is 15.3. The number of carbonyl (C=O) groups is 1. The third-order valence-corrected chi connectivity index (χ3v) is 3.49. The summed E-state index contributed by atoms with van der Waals surface area (Å²) in [4.78, 5) is 14.2. The Kier molecular flexibility index (Phi) is 4.34. The standard InChI is InChI=1S/C15H29NO2/c1-11-8-9-16(12(10-11)14(2,3)4)13(17)18-15(5,6)7/h11-12H,8-10H2,1-7H3. The van der Waals surface area contributed by atoms with E-state index < -0.39 is 5.60 Å². The molecular weight excluding hydrogens is 226 g/mol. The third kappa shape index (κ3) is 4.18. The molecule has 1 saturated heterocycles. The molecule has 0 radical (unpaired) electrons. The second-order valence-electron chi connectivity index (χ2n) is 7.69. The molecule has 1 amide bonds. The van der Waals surface area contributed by atoms with Crippen molar-refractivity contribution in [3.05, 3.63) is 0 Å². The van der Waals surface area contributed by atoms with Crippen LogP contribution in [0, 0.1) is 11.3 Å². The highest BCUT2D eigenvalue weighted by molar-refractivity contribution is 5.68. The van der Waals surface area contributed by atoms with Crippen molar-refractivity contribution in [2.45, 2.75) is 73.0 Å². The van der Waals surface area contributed by atoms with Crippen LogP contribution in [-0.4, -0.2) is 29.2 Å². The molecule has 18 heavy (non-hydrogen) atoms. The van der Waals surface area contributed by atoms with E-state index in [-0.39, 0.29) is 17.6 Å². The number of nitrogens with zero attached hydrogens (tertiary/aromatic N) is 1. The number of amides is 1. The van der Waals surface area contributed by atoms with Gasteiger partial charge in [0.1, 0.15) is 5.60 Å². The van der Waals surface area contributed by atoms with Crippen molar-refractivity contribution in [2.75, 3.05) is 6.54 Å². The SMILES string of the molecule is CC1CCN(C(=O)OC(C)(C)C)C(C(C)(C)C)C1. The van der Waals surface area contributed by atoms with Crippen molar-refractivity contribution in [1.29, 1.82) is 0 Å². The highest BCUT2D eigenvalue weighted by Crippen LogP contribution is 2.35. The number of piperidine rings is 1. The van der Waals surface area contributed by atoms with Gasteiger partial charge in [0.25, 0.3) is 0 Å². The number of rotatable bonds is 0. The molecule has 2 unspecified atom stereocenters. The Bertz CT molecular complexity index is 299. The molecule has 1 fully saturated rings. The fourth-order valence-corrected chi connectivity index (χ4v) is 2.50. The van der Waals surface area contributed by atoms with Gasteiger partial charge in [-0.05, 0) is 44.9 Å². The molecule has 1 heterocycles. The van der Waals surface area contributed by atoms with Crippen LogP contribution in [-0.2, 0) is 4.74 Å². The van der Waals surface area contributed by atoms with E-state index in [4.69, 9.17) is 4.74 Å². The minimum absolute atomic E-state index is 0.103. The van der Waals surface area contributed by atoms with Gasteiger partial charge in [0.2, 0.25) is 0 Å². The van der Waals surface area contributed by atoms with Crippen LogP contribution in [0.5, 0.6) is 0 Å². The lowest BCUT2D eigenvalue weighted by molar-refractivity contribution is -0.0138. The van der Waals surface area contributed by atoms with Crippen molar-refractivity contribution in [1.82, 2.24) is 4.90 Å². The molecule has 1 aliphatic rings. The first-order chi connectivity index (χ1) is 8.00. The predicted molar refractivity (Wildman–Crippen MR) is 74.6 cm³/mol. The number of carbonyl (C=O) groups excluding carboxylic acids is 1. The highest BCUT2D eigenvalue weighted by atomic mass is 16.6. The zero-order valence-electron chi connectivity index (χ0n) is 13.0. The van der Waals surface area contributed by atoms with Gasteiger partial charge in [0, 0.05) is 12.6 Å². The molecule has 0 spiro atoms. The van der Waals surface area contributed by atoms with Crippen LogP contribution in [0.25, 0.3) is 0 Å². The first-order valence-corrected chi connectivity index (χ1v) is 7.00. The summed E-state index contributed by atoms with van der Waals surface area (Å²) in [7, 11) is 0. The Hall–Kier alpha value is -0.730. The second kappa shape index (κ2) is 5.10. The van der Waals surface area contributed by atoms with Gasteiger partial charge in [-0.25, -0.2) is 4.79 Å². The normalized spacial score (nSPS) is 26.1. The van der Waals surface area contributed by atoms with Crippen molar-refractivity contribution >= 4 is 6.09 Å². The molecular formula is C15H29NO2. The number of ether oxygens (including phenoxy) is 1. The summed E-state index contributed by atoms with van der Waals surface area (Å²) in [5.41, 5.74) is -0.311. The van der Waals surface area contributed by atoms with E-state index >= 15 is 0 Å².